The Morgan fingerprint density at radius 1 is 0.385 bits per heavy atom. The third-order valence-corrected chi connectivity index (χ3v) is 9.97. The predicted octanol–water partition coefficient (Wildman–Crippen LogP) is 11.5. The zero-order valence-electron chi connectivity index (χ0n) is 28.0. The van der Waals surface area contributed by atoms with Crippen LogP contribution in [0.4, 0.5) is 0 Å². The van der Waals surface area contributed by atoms with Gasteiger partial charge in [-0.25, -0.2) is 9.97 Å². The molecule has 0 spiro atoms. The van der Waals surface area contributed by atoms with Gasteiger partial charge in [-0.15, -0.1) is 0 Å². The van der Waals surface area contributed by atoms with Crippen molar-refractivity contribution in [2.45, 2.75) is 0 Å². The monoisotopic (exact) mass is 663 g/mol. The van der Waals surface area contributed by atoms with Crippen LogP contribution in [0.15, 0.2) is 176 Å². The van der Waals surface area contributed by atoms with Crippen LogP contribution in [0.3, 0.4) is 0 Å². The van der Waals surface area contributed by atoms with Crippen molar-refractivity contribution in [2.75, 3.05) is 0 Å². The second-order valence-corrected chi connectivity index (χ2v) is 13.0. The smallest absolute Gasteiger partial charge is 0.160 e. The van der Waals surface area contributed by atoms with Gasteiger partial charge in [0.25, 0.3) is 0 Å². The largest absolute Gasteiger partial charge is 0.309 e. The van der Waals surface area contributed by atoms with E-state index in [-0.39, 0.29) is 0 Å². The van der Waals surface area contributed by atoms with Crippen molar-refractivity contribution in [1.29, 1.82) is 5.26 Å². The Hall–Kier alpha value is -7.29. The number of hydrogen-bond acceptors (Lipinski definition) is 3. The minimum Gasteiger partial charge on any atom is -0.309 e. The number of aromatic nitrogens is 4. The maximum atomic E-state index is 9.35. The van der Waals surface area contributed by atoms with Crippen molar-refractivity contribution in [1.82, 2.24) is 19.1 Å². The Morgan fingerprint density at radius 3 is 1.38 bits per heavy atom. The van der Waals surface area contributed by atoms with Crippen molar-refractivity contribution in [2.24, 2.45) is 0 Å². The van der Waals surface area contributed by atoms with Crippen LogP contribution in [0.1, 0.15) is 5.56 Å². The summed E-state index contributed by atoms with van der Waals surface area (Å²) >= 11 is 0. The molecule has 0 N–H and O–H groups in total. The minimum absolute atomic E-state index is 0.615. The van der Waals surface area contributed by atoms with Crippen molar-refractivity contribution in [3.63, 3.8) is 0 Å². The number of hydrogen-bond donors (Lipinski definition) is 0. The maximum Gasteiger partial charge on any atom is 0.160 e. The van der Waals surface area contributed by atoms with E-state index in [1.165, 1.54) is 32.6 Å². The van der Waals surface area contributed by atoms with Gasteiger partial charge in [0.05, 0.1) is 45.1 Å². The first-order valence-corrected chi connectivity index (χ1v) is 17.3. The summed E-state index contributed by atoms with van der Waals surface area (Å²) in [6, 6.07) is 63.2. The van der Waals surface area contributed by atoms with Crippen molar-refractivity contribution in [3.05, 3.63) is 181 Å². The Morgan fingerprint density at radius 2 is 0.846 bits per heavy atom. The fraction of sp³-hybridized carbons (Fsp3) is 0. The van der Waals surface area contributed by atoms with E-state index in [9.17, 15) is 5.26 Å². The molecular weight excluding hydrogens is 635 g/mol. The highest BCUT2D eigenvalue weighted by atomic mass is 15.0. The molecule has 0 radical (unpaired) electrons. The van der Waals surface area contributed by atoms with E-state index in [1.54, 1.807) is 0 Å². The number of para-hydroxylation sites is 3. The standard InChI is InChI=1S/C47H29N5/c48-30-31-19-21-32(22-20-31)41-29-42(50-47(49-41)34-11-3-1-4-12-34)33-23-25-36(26-24-33)52-44-18-10-8-16-38(44)40-27-45-39(28-46(40)52)37-15-7-9-17-43(37)51(45)35-13-5-2-6-14-35/h1-29H. The van der Waals surface area contributed by atoms with Crippen molar-refractivity contribution >= 4 is 43.6 Å². The van der Waals surface area contributed by atoms with Crippen LogP contribution < -0.4 is 0 Å². The minimum atomic E-state index is 0.615. The highest BCUT2D eigenvalue weighted by molar-refractivity contribution is 6.19. The lowest BCUT2D eigenvalue weighted by atomic mass is 10.0. The Bertz CT molecular complexity index is 2990. The zero-order chi connectivity index (χ0) is 34.6. The van der Waals surface area contributed by atoms with Crippen LogP contribution in [0, 0.1) is 11.3 Å². The zero-order valence-corrected chi connectivity index (χ0v) is 28.0. The molecule has 3 aromatic heterocycles. The lowest BCUT2D eigenvalue weighted by molar-refractivity contribution is 1.17. The molecule has 10 aromatic rings. The van der Waals surface area contributed by atoms with Crippen LogP contribution in [-0.4, -0.2) is 19.1 Å². The summed E-state index contributed by atoms with van der Waals surface area (Å²) in [5, 5.41) is 14.2. The summed E-state index contributed by atoms with van der Waals surface area (Å²) in [5.74, 6) is 0.655. The van der Waals surface area contributed by atoms with E-state index in [2.05, 4.69) is 130 Å². The molecule has 0 fully saturated rings. The average molecular weight is 664 g/mol. The molecule has 242 valence electrons. The van der Waals surface area contributed by atoms with Crippen molar-refractivity contribution < 1.29 is 0 Å². The molecule has 0 atom stereocenters. The number of nitriles is 1. The molecule has 7 aromatic carbocycles. The van der Waals surface area contributed by atoms with Gasteiger partial charge < -0.3 is 9.13 Å². The fourth-order valence-corrected chi connectivity index (χ4v) is 7.52. The molecule has 52 heavy (non-hydrogen) atoms. The van der Waals surface area contributed by atoms with Gasteiger partial charge in [-0.2, -0.15) is 5.26 Å². The van der Waals surface area contributed by atoms with Gasteiger partial charge in [-0.05, 0) is 66.7 Å². The van der Waals surface area contributed by atoms with Crippen LogP contribution in [-0.2, 0) is 0 Å². The third kappa shape index (κ3) is 4.78. The summed E-state index contributed by atoms with van der Waals surface area (Å²) in [5.41, 5.74) is 12.0. The molecule has 0 saturated heterocycles. The topological polar surface area (TPSA) is 59.4 Å². The van der Waals surface area contributed by atoms with Gasteiger partial charge in [-0.1, -0.05) is 109 Å². The van der Waals surface area contributed by atoms with Gasteiger partial charge in [0.1, 0.15) is 0 Å². The molecular formula is C47H29N5. The second-order valence-electron chi connectivity index (χ2n) is 13.0. The highest BCUT2D eigenvalue weighted by Gasteiger charge is 2.19. The highest BCUT2D eigenvalue weighted by Crippen LogP contribution is 2.40. The average Bonchev–Trinajstić information content (AvgIpc) is 3.72. The maximum absolute atomic E-state index is 9.35. The number of rotatable bonds is 5. The van der Waals surface area contributed by atoms with E-state index >= 15 is 0 Å². The quantitative estimate of drug-likeness (QED) is 0.184. The van der Waals surface area contributed by atoms with Gasteiger partial charge in [0, 0.05) is 49.6 Å². The van der Waals surface area contributed by atoms with Gasteiger partial charge >= 0.3 is 0 Å². The van der Waals surface area contributed by atoms with Crippen LogP contribution >= 0.6 is 0 Å². The Kier molecular flexibility index (Phi) is 6.80. The van der Waals surface area contributed by atoms with Gasteiger partial charge in [-0.3, -0.25) is 0 Å². The number of nitrogens with zero attached hydrogens (tertiary/aromatic N) is 5. The van der Waals surface area contributed by atoms with E-state index in [0.29, 0.717) is 11.4 Å². The molecule has 0 amide bonds. The van der Waals surface area contributed by atoms with Crippen LogP contribution in [0.25, 0.3) is 88.9 Å². The first-order valence-electron chi connectivity index (χ1n) is 17.3. The number of fused-ring (bicyclic) bond motifs is 6. The molecule has 5 heteroatoms. The van der Waals surface area contributed by atoms with Crippen LogP contribution in [0.5, 0.6) is 0 Å². The summed E-state index contributed by atoms with van der Waals surface area (Å²) in [4.78, 5) is 9.99. The first kappa shape index (κ1) is 29.6. The summed E-state index contributed by atoms with van der Waals surface area (Å²) in [6.45, 7) is 0. The van der Waals surface area contributed by atoms with E-state index in [0.717, 1.165) is 50.5 Å². The molecule has 0 aliphatic rings. The summed E-state index contributed by atoms with van der Waals surface area (Å²) in [6.07, 6.45) is 0. The van der Waals surface area contributed by atoms with E-state index in [1.807, 2.05) is 60.7 Å². The summed E-state index contributed by atoms with van der Waals surface area (Å²) in [7, 11) is 0. The lowest BCUT2D eigenvalue weighted by Crippen LogP contribution is -1.97. The van der Waals surface area contributed by atoms with E-state index < -0.39 is 0 Å². The second kappa shape index (κ2) is 11.9. The Balaban J connectivity index is 1.14. The lowest BCUT2D eigenvalue weighted by Gasteiger charge is -2.12. The van der Waals surface area contributed by atoms with Gasteiger partial charge in [0.15, 0.2) is 5.82 Å². The summed E-state index contributed by atoms with van der Waals surface area (Å²) < 4.78 is 4.75. The van der Waals surface area contributed by atoms with Crippen LogP contribution in [0.2, 0.25) is 0 Å². The first-order chi connectivity index (χ1) is 25.7. The molecule has 10 rings (SSSR count). The third-order valence-electron chi connectivity index (χ3n) is 9.97. The predicted molar refractivity (Wildman–Crippen MR) is 212 cm³/mol. The SMILES string of the molecule is N#Cc1ccc(-c2cc(-c3ccc(-n4c5ccccc5c5cc6c(cc54)c4ccccc4n6-c4ccccc4)cc3)nc(-c3ccccc3)n2)cc1. The molecule has 0 saturated carbocycles. The fourth-order valence-electron chi connectivity index (χ4n) is 7.52. The molecule has 0 aliphatic carbocycles. The van der Waals surface area contributed by atoms with E-state index in [4.69, 9.17) is 9.97 Å². The van der Waals surface area contributed by atoms with Gasteiger partial charge in [0.2, 0.25) is 0 Å². The van der Waals surface area contributed by atoms with Crippen molar-refractivity contribution in [3.8, 4) is 51.3 Å². The Labute approximate surface area is 299 Å². The molecule has 3 heterocycles. The molecule has 0 bridgehead atoms. The molecule has 0 unspecified atom stereocenters. The molecule has 0 aliphatic heterocycles. The number of benzene rings is 7. The molecule has 5 nitrogen and oxygen atoms in total. The normalized spacial score (nSPS) is 11.4.